The second-order valence-corrected chi connectivity index (χ2v) is 13.2. The van der Waals surface area contributed by atoms with Crippen molar-refractivity contribution in [2.45, 2.75) is 91.6 Å². The van der Waals surface area contributed by atoms with Crippen LogP contribution in [0.1, 0.15) is 80.1 Å². The molecule has 172 valence electrons. The Hall–Kier alpha value is -1.18. The van der Waals surface area contributed by atoms with Crippen LogP contribution in [-0.4, -0.2) is 38.0 Å². The van der Waals surface area contributed by atoms with Crippen molar-refractivity contribution < 1.29 is 18.9 Å². The van der Waals surface area contributed by atoms with Crippen LogP contribution in [0.2, 0.25) is 0 Å². The zero-order valence-corrected chi connectivity index (χ0v) is 20.1. The fourth-order valence-corrected chi connectivity index (χ4v) is 7.17. The first-order chi connectivity index (χ1) is 14.2. The van der Waals surface area contributed by atoms with Gasteiger partial charge in [0.25, 0.3) is 0 Å². The fourth-order valence-electron chi connectivity index (χ4n) is 7.17. The average Bonchev–Trinajstić information content (AvgIpc) is 2.64. The van der Waals surface area contributed by atoms with E-state index in [0.717, 1.165) is 25.7 Å². The van der Waals surface area contributed by atoms with E-state index in [1.165, 1.54) is 0 Å². The summed E-state index contributed by atoms with van der Waals surface area (Å²) in [6, 6.07) is 5.00. The standard InChI is InChI=1S/C25H38N2O4/c1-19(2)7-21(5,13-26)11-24(9-19)28-15-23(16-29-24)17-30-25(31-18-23)10-20(3,4)8-22(6,12-25)14-27/h7-12,15-18H2,1-6H3. The Morgan fingerprint density at radius 2 is 0.839 bits per heavy atom. The summed E-state index contributed by atoms with van der Waals surface area (Å²) < 4.78 is 25.7. The highest BCUT2D eigenvalue weighted by atomic mass is 16.7. The van der Waals surface area contributed by atoms with Gasteiger partial charge < -0.3 is 18.9 Å². The highest BCUT2D eigenvalue weighted by molar-refractivity contribution is 5.09. The second kappa shape index (κ2) is 6.91. The third-order valence-electron chi connectivity index (χ3n) is 7.66. The van der Waals surface area contributed by atoms with Crippen LogP contribution in [-0.2, 0) is 18.9 Å². The number of nitriles is 2. The molecular weight excluding hydrogens is 392 g/mol. The molecule has 0 radical (unpaired) electrons. The van der Waals surface area contributed by atoms with Gasteiger partial charge in [0.2, 0.25) is 0 Å². The molecule has 3 spiro atoms. The first kappa shape index (κ1) is 23.0. The molecule has 2 unspecified atom stereocenters. The van der Waals surface area contributed by atoms with E-state index in [4.69, 9.17) is 18.9 Å². The molecule has 2 saturated carbocycles. The zero-order valence-electron chi connectivity index (χ0n) is 20.1. The molecule has 31 heavy (non-hydrogen) atoms. The van der Waals surface area contributed by atoms with E-state index >= 15 is 0 Å². The topological polar surface area (TPSA) is 84.5 Å². The minimum Gasteiger partial charge on any atom is -0.349 e. The maximum Gasteiger partial charge on any atom is 0.170 e. The predicted octanol–water partition coefficient (Wildman–Crippen LogP) is 4.94. The van der Waals surface area contributed by atoms with Gasteiger partial charge in [-0.05, 0) is 37.5 Å². The third kappa shape index (κ3) is 4.38. The van der Waals surface area contributed by atoms with Gasteiger partial charge in [-0.15, -0.1) is 0 Å². The second-order valence-electron chi connectivity index (χ2n) is 13.2. The van der Waals surface area contributed by atoms with Crippen molar-refractivity contribution in [3.8, 4) is 12.1 Å². The molecule has 0 aromatic carbocycles. The first-order valence-electron chi connectivity index (χ1n) is 11.6. The molecule has 2 aliphatic carbocycles. The minimum atomic E-state index is -0.709. The average molecular weight is 431 g/mol. The summed E-state index contributed by atoms with van der Waals surface area (Å²) in [6.45, 7) is 14.8. The largest absolute Gasteiger partial charge is 0.349 e. The lowest BCUT2D eigenvalue weighted by atomic mass is 9.62. The predicted molar refractivity (Wildman–Crippen MR) is 114 cm³/mol. The highest BCUT2D eigenvalue weighted by Gasteiger charge is 2.59. The lowest BCUT2D eigenvalue weighted by molar-refractivity contribution is -0.390. The number of hydrogen-bond donors (Lipinski definition) is 0. The Balaban J connectivity index is 1.45. The number of rotatable bonds is 0. The van der Waals surface area contributed by atoms with Gasteiger partial charge in [-0.25, -0.2) is 0 Å². The number of hydrogen-bond acceptors (Lipinski definition) is 6. The first-order valence-corrected chi connectivity index (χ1v) is 11.6. The number of ether oxygens (including phenoxy) is 4. The van der Waals surface area contributed by atoms with Gasteiger partial charge >= 0.3 is 0 Å². The maximum atomic E-state index is 9.76. The van der Waals surface area contributed by atoms with Crippen molar-refractivity contribution in [3.63, 3.8) is 0 Å². The van der Waals surface area contributed by atoms with E-state index < -0.39 is 22.4 Å². The van der Waals surface area contributed by atoms with Gasteiger partial charge in [-0.2, -0.15) is 10.5 Å². The van der Waals surface area contributed by atoms with E-state index in [2.05, 4.69) is 39.8 Å². The van der Waals surface area contributed by atoms with E-state index in [0.29, 0.717) is 39.3 Å². The molecule has 0 N–H and O–H groups in total. The van der Waals surface area contributed by atoms with Crippen LogP contribution in [0.5, 0.6) is 0 Å². The van der Waals surface area contributed by atoms with Crippen LogP contribution in [0, 0.1) is 49.7 Å². The molecule has 0 amide bonds. The summed E-state index contributed by atoms with van der Waals surface area (Å²) in [5.74, 6) is -1.42. The fraction of sp³-hybridized carbons (Fsp3) is 0.920. The molecule has 6 heteroatoms. The lowest BCUT2D eigenvalue weighted by Crippen LogP contribution is -2.63. The molecule has 4 fully saturated rings. The molecule has 0 aromatic rings. The molecule has 2 aliphatic heterocycles. The van der Waals surface area contributed by atoms with Gasteiger partial charge in [-0.3, -0.25) is 0 Å². The van der Waals surface area contributed by atoms with Crippen LogP contribution in [0.3, 0.4) is 0 Å². The quantitative estimate of drug-likeness (QED) is 0.541. The van der Waals surface area contributed by atoms with Crippen molar-refractivity contribution in [3.05, 3.63) is 0 Å². The molecule has 6 nitrogen and oxygen atoms in total. The van der Waals surface area contributed by atoms with Gasteiger partial charge in [-0.1, -0.05) is 27.7 Å². The SMILES string of the molecule is CC1(C)CC(C)(C#N)CC2(C1)OCC1(CO2)COC2(CC(C)(C)CC(C)(C#N)C2)OC1. The van der Waals surface area contributed by atoms with Crippen LogP contribution in [0.4, 0.5) is 0 Å². The highest BCUT2D eigenvalue weighted by Crippen LogP contribution is 2.56. The molecule has 0 bridgehead atoms. The van der Waals surface area contributed by atoms with Crippen molar-refractivity contribution in [1.82, 2.24) is 0 Å². The summed E-state index contributed by atoms with van der Waals surface area (Å²) >= 11 is 0. The monoisotopic (exact) mass is 430 g/mol. The van der Waals surface area contributed by atoms with Crippen molar-refractivity contribution in [1.29, 1.82) is 10.5 Å². The van der Waals surface area contributed by atoms with Gasteiger partial charge in [0.05, 0.1) is 54.8 Å². The minimum absolute atomic E-state index is 0.0215. The third-order valence-corrected chi connectivity index (χ3v) is 7.66. The Morgan fingerprint density at radius 3 is 1.13 bits per heavy atom. The number of nitrogens with zero attached hydrogens (tertiary/aromatic N) is 2. The molecule has 4 rings (SSSR count). The maximum absolute atomic E-state index is 9.76. The van der Waals surface area contributed by atoms with Gasteiger partial charge in [0, 0.05) is 25.7 Å². The Bertz CT molecular complexity index is 735. The Kier molecular flexibility index (Phi) is 5.12. The van der Waals surface area contributed by atoms with Crippen LogP contribution < -0.4 is 0 Å². The zero-order chi connectivity index (χ0) is 22.8. The normalized spacial score (nSPS) is 48.9. The van der Waals surface area contributed by atoms with E-state index in [-0.39, 0.29) is 16.2 Å². The van der Waals surface area contributed by atoms with Crippen molar-refractivity contribution in [2.75, 3.05) is 26.4 Å². The summed E-state index contributed by atoms with van der Waals surface area (Å²) in [5.41, 5.74) is -1.29. The summed E-state index contributed by atoms with van der Waals surface area (Å²) in [5, 5.41) is 19.5. The van der Waals surface area contributed by atoms with Crippen molar-refractivity contribution >= 4 is 0 Å². The van der Waals surface area contributed by atoms with E-state index in [1.54, 1.807) is 0 Å². The van der Waals surface area contributed by atoms with Gasteiger partial charge in [0.1, 0.15) is 0 Å². The Morgan fingerprint density at radius 1 is 0.516 bits per heavy atom. The summed E-state index contributed by atoms with van der Waals surface area (Å²) in [4.78, 5) is 0. The molecule has 4 aliphatic rings. The lowest BCUT2D eigenvalue weighted by Gasteiger charge is -2.57. The van der Waals surface area contributed by atoms with Crippen LogP contribution in [0.25, 0.3) is 0 Å². The van der Waals surface area contributed by atoms with E-state index in [9.17, 15) is 10.5 Å². The van der Waals surface area contributed by atoms with Crippen molar-refractivity contribution in [2.24, 2.45) is 27.1 Å². The van der Waals surface area contributed by atoms with Gasteiger partial charge in [0.15, 0.2) is 11.6 Å². The van der Waals surface area contributed by atoms with E-state index in [1.807, 2.05) is 13.8 Å². The molecule has 2 heterocycles. The summed E-state index contributed by atoms with van der Waals surface area (Å²) in [7, 11) is 0. The van der Waals surface area contributed by atoms with Crippen LogP contribution in [0.15, 0.2) is 0 Å². The molecule has 0 aromatic heterocycles. The smallest absolute Gasteiger partial charge is 0.170 e. The Labute approximate surface area is 187 Å². The van der Waals surface area contributed by atoms with Crippen LogP contribution >= 0.6 is 0 Å². The summed E-state index contributed by atoms with van der Waals surface area (Å²) in [6.07, 6.45) is 4.45. The molecular formula is C25H38N2O4. The molecule has 2 saturated heterocycles. The molecule has 2 atom stereocenters.